The lowest BCUT2D eigenvalue weighted by Gasteiger charge is -2.51. The Hall–Kier alpha value is 1.62. The fourth-order valence-corrected chi connectivity index (χ4v) is 3.59. The van der Waals surface area contributed by atoms with Gasteiger partial charge in [-0.3, -0.25) is 7.06 Å². The van der Waals surface area contributed by atoms with E-state index in [0.29, 0.717) is 0 Å². The second-order valence-electron chi connectivity index (χ2n) is 6.54. The van der Waals surface area contributed by atoms with Crippen LogP contribution in [0.4, 0.5) is 0 Å². The molecule has 0 N–H and O–H groups in total. The lowest BCUT2D eigenvalue weighted by atomic mass is 8.35. The van der Waals surface area contributed by atoms with Crippen LogP contribution in [0.2, 0.25) is 0 Å². The highest BCUT2D eigenvalue weighted by molar-refractivity contribution is 8.24. The van der Waals surface area contributed by atoms with Gasteiger partial charge in [0.25, 0.3) is 0 Å². The summed E-state index contributed by atoms with van der Waals surface area (Å²) in [5.41, 5.74) is 0. The highest BCUT2D eigenvalue weighted by Crippen LogP contribution is 2.10. The Bertz CT molecular complexity index is 298. The van der Waals surface area contributed by atoms with E-state index in [4.69, 9.17) is 101 Å². The van der Waals surface area contributed by atoms with Crippen LogP contribution in [0.5, 0.6) is 0 Å². The van der Waals surface area contributed by atoms with Crippen molar-refractivity contribution in [3.63, 3.8) is 0 Å². The molecule has 0 fully saturated rings. The van der Waals surface area contributed by atoms with Crippen LogP contribution in [-0.4, -0.2) is 178 Å². The molecule has 0 unspecified atom stereocenters. The first-order valence-electron chi connectivity index (χ1n) is 8.00. The van der Waals surface area contributed by atoms with Crippen molar-refractivity contribution in [1.82, 2.24) is 0 Å². The molecule has 0 spiro atoms. The topological polar surface area (TPSA) is 0 Å². The Kier molecular flexibility index (Phi) is 13.0. The monoisotopic (exact) mass is 275 g/mol. The largest absolute Gasteiger partial charge is 0.690 e. The Morgan fingerprint density at radius 2 is 0.760 bits per heavy atom. The summed E-state index contributed by atoms with van der Waals surface area (Å²) < 4.78 is 0. The highest BCUT2D eigenvalue weighted by Gasteiger charge is 2.46. The number of rotatable bonds is 11. The molecule has 0 aromatic heterocycles. The molecule has 0 aliphatic heterocycles. The van der Waals surface area contributed by atoms with Crippen LogP contribution >= 0.6 is 0 Å². The summed E-state index contributed by atoms with van der Waals surface area (Å²) in [5.74, 6) is 0. The summed E-state index contributed by atoms with van der Waals surface area (Å²) in [6, 6.07) is 0. The maximum absolute atomic E-state index is 5.99. The quantitative estimate of drug-likeness (QED) is 0.327. The van der Waals surface area contributed by atoms with Gasteiger partial charge in [-0.05, 0) is 143 Å². The van der Waals surface area contributed by atoms with Gasteiger partial charge in [-0.15, -0.1) is 0 Å². The average Bonchev–Trinajstić information content (AvgIpc) is 2.41. The van der Waals surface area contributed by atoms with Crippen LogP contribution in [0.15, 0.2) is 0 Å². The van der Waals surface area contributed by atoms with Gasteiger partial charge in [0, 0.05) is 0 Å². The van der Waals surface area contributed by atoms with Crippen molar-refractivity contribution in [2.75, 3.05) is 0 Å². The van der Waals surface area contributed by atoms with Gasteiger partial charge in [-0.2, -0.15) is 0 Å². The van der Waals surface area contributed by atoms with Crippen molar-refractivity contribution < 1.29 is 0 Å². The van der Waals surface area contributed by atoms with E-state index in [1.165, 1.54) is 7.06 Å². The maximum Gasteiger partial charge on any atom is -0.0000000000941 e. The third-order valence-corrected chi connectivity index (χ3v) is 4.67. The molecule has 0 heterocycles. The van der Waals surface area contributed by atoms with Gasteiger partial charge in [0.15, 0.2) is 0 Å². The first kappa shape index (κ1) is 26.6. The van der Waals surface area contributed by atoms with E-state index in [-0.39, 0.29) is 0 Å². The van der Waals surface area contributed by atoms with Crippen molar-refractivity contribution in [1.29, 1.82) is 0 Å². The molecule has 25 heavy (non-hydrogen) atoms. The van der Waals surface area contributed by atoms with Gasteiger partial charge >= 0.3 is 0 Å². The summed E-state index contributed by atoms with van der Waals surface area (Å²) in [5, 5.41) is 0. The summed E-state index contributed by atoms with van der Waals surface area (Å²) in [7, 11) is 77.9. The smallest absolute Gasteiger partial charge is 0.0000000000941 e. The van der Waals surface area contributed by atoms with Crippen molar-refractivity contribution in [2.24, 2.45) is 0 Å². The standard InChI is InChI=1S/B25/c1-14-21(15(2)3)24(20(12)13)25(22(16(4)5)17(6)7)23(18(8)9)19(10)11/q-2. The van der Waals surface area contributed by atoms with Gasteiger partial charge in [0.1, 0.15) is 0 Å². The predicted molar refractivity (Wildman–Crippen MR) is 144 cm³/mol. The number of hydrogen-bond acceptors (Lipinski definition) is 0. The molecule has 0 rings (SSSR count). The predicted octanol–water partition coefficient (Wildman–Crippen LogP) is -9.52. The Labute approximate surface area is 177 Å². The van der Waals surface area contributed by atoms with Crippen molar-refractivity contribution in [2.45, 2.75) is 0 Å². The van der Waals surface area contributed by atoms with E-state index in [1.807, 2.05) is 0 Å². The van der Waals surface area contributed by atoms with E-state index in [2.05, 4.69) is 0 Å². The average molecular weight is 270 g/mol. The zero-order valence-corrected chi connectivity index (χ0v) is 14.4. The van der Waals surface area contributed by atoms with E-state index in [9.17, 15) is 0 Å². The van der Waals surface area contributed by atoms with Crippen molar-refractivity contribution >= 4 is 178 Å². The first-order chi connectivity index (χ1) is 11.4. The van der Waals surface area contributed by atoms with Gasteiger partial charge < -0.3 is 15.5 Å². The van der Waals surface area contributed by atoms with E-state index < -0.39 is 70.2 Å². The second-order valence-corrected chi connectivity index (χ2v) is 6.54. The molecule has 0 aromatic carbocycles. The molecular weight excluding hydrogens is 270 g/mol. The molecule has 25 heteroatoms. The van der Waals surface area contributed by atoms with Gasteiger partial charge in [-0.25, -0.2) is 6.39 Å². The van der Waals surface area contributed by atoms with E-state index in [0.717, 1.165) is 0 Å². The first-order valence-corrected chi connectivity index (χ1v) is 8.00. The molecule has 0 amide bonds. The minimum Gasteiger partial charge on any atom is -0.690 e. The SMILES string of the molecule is [B]B([B])B(B([B])[B])B(B(B([B])[B])B([B])[B])B(B([B])[B])B([B][B-])B([B])[B-]. The van der Waals surface area contributed by atoms with Crippen LogP contribution in [0.3, 0.4) is 0 Å². The second kappa shape index (κ2) is 12.2. The van der Waals surface area contributed by atoms with E-state index in [1.54, 1.807) is 0 Å². The third-order valence-electron chi connectivity index (χ3n) is 4.67. The molecule has 0 bridgehead atoms. The Balaban J connectivity index is 6.38. The molecule has 0 saturated carbocycles. The maximum atomic E-state index is 5.99. The zero-order chi connectivity index (χ0) is 20.1. The summed E-state index contributed by atoms with van der Waals surface area (Å²) >= 11 is 0. The van der Waals surface area contributed by atoms with Gasteiger partial charge in [0.05, 0.1) is 0 Å². The molecule has 0 saturated heterocycles. The zero-order valence-electron chi connectivity index (χ0n) is 14.4. The minimum absolute atomic E-state index is 0.648. The van der Waals surface area contributed by atoms with Crippen LogP contribution in [0.1, 0.15) is 0 Å². The molecule has 0 nitrogen and oxygen atoms in total. The van der Waals surface area contributed by atoms with E-state index >= 15 is 0 Å². The van der Waals surface area contributed by atoms with Gasteiger partial charge in [-0.1, -0.05) is 6.39 Å². The van der Waals surface area contributed by atoms with Crippen LogP contribution < -0.4 is 0 Å². The molecule has 29 radical (unpaired) electrons. The normalized spacial score (nSPS) is 9.36. The third kappa shape index (κ3) is 7.51. The Morgan fingerprint density at radius 1 is 0.480 bits per heavy atom. The fourth-order valence-electron chi connectivity index (χ4n) is 3.59. The van der Waals surface area contributed by atoms with Crippen molar-refractivity contribution in [3.8, 4) is 0 Å². The van der Waals surface area contributed by atoms with Crippen LogP contribution in [0.25, 0.3) is 0 Å². The fraction of sp³-hybridized carbons (Fsp3) is 0. The molecule has 77 valence electrons. The molecule has 0 aliphatic rings. The highest BCUT2D eigenvalue weighted by atomic mass is 13.3. The van der Waals surface area contributed by atoms with Gasteiger partial charge in [0.2, 0.25) is 0 Å². The summed E-state index contributed by atoms with van der Waals surface area (Å²) in [6.45, 7) is 0. The Morgan fingerprint density at radius 3 is 0.920 bits per heavy atom. The molecule has 0 aliphatic carbocycles. The molecule has 0 atom stereocenters. The lowest BCUT2D eigenvalue weighted by molar-refractivity contribution is 3.29. The van der Waals surface area contributed by atoms with Crippen molar-refractivity contribution in [3.05, 3.63) is 0 Å². The molecule has 0 aromatic rings. The lowest BCUT2D eigenvalue weighted by Crippen LogP contribution is -2.85. The number of hydrogen-bond donors (Lipinski definition) is 0. The summed E-state index contributed by atoms with van der Waals surface area (Å²) in [6.07, 6.45) is -9.19. The minimum atomic E-state index is -0.960. The van der Waals surface area contributed by atoms with Crippen LogP contribution in [0, 0.1) is 0 Å². The summed E-state index contributed by atoms with van der Waals surface area (Å²) in [4.78, 5) is 0. The van der Waals surface area contributed by atoms with Crippen LogP contribution in [-0.2, 0) is 0 Å². The molecular formula is B25-2.